The first-order chi connectivity index (χ1) is 9.38. The summed E-state index contributed by atoms with van der Waals surface area (Å²) in [4.78, 5) is 5.07. The zero-order valence-electron chi connectivity index (χ0n) is 11.5. The van der Waals surface area contributed by atoms with Crippen molar-refractivity contribution in [3.63, 3.8) is 0 Å². The summed E-state index contributed by atoms with van der Waals surface area (Å²) in [5.74, 6) is 1.00. The van der Waals surface area contributed by atoms with Gasteiger partial charge in [0, 0.05) is 32.7 Å². The number of thiol groups is 1. The summed E-state index contributed by atoms with van der Waals surface area (Å²) in [6.45, 7) is 7.05. The van der Waals surface area contributed by atoms with Crippen molar-refractivity contribution in [2.75, 3.05) is 45.0 Å². The summed E-state index contributed by atoms with van der Waals surface area (Å²) < 4.78 is 0. The standard InChI is InChI=1S/C16H24N2S/c19-15-5-10-18-13-11-17(12-14-18)9-4-8-16-6-2-1-3-7-16/h1-4,6-8,19H,5,9-15H2. The Morgan fingerprint density at radius 2 is 1.68 bits per heavy atom. The fourth-order valence-electron chi connectivity index (χ4n) is 2.39. The van der Waals surface area contributed by atoms with E-state index in [0.29, 0.717) is 0 Å². The van der Waals surface area contributed by atoms with Crippen molar-refractivity contribution < 1.29 is 0 Å². The van der Waals surface area contributed by atoms with Crippen LogP contribution in [0.3, 0.4) is 0 Å². The van der Waals surface area contributed by atoms with E-state index in [-0.39, 0.29) is 0 Å². The van der Waals surface area contributed by atoms with Gasteiger partial charge in [0.2, 0.25) is 0 Å². The first-order valence-corrected chi connectivity index (χ1v) is 7.79. The number of piperazine rings is 1. The lowest BCUT2D eigenvalue weighted by Gasteiger charge is -2.34. The van der Waals surface area contributed by atoms with E-state index in [0.717, 1.165) is 12.3 Å². The molecule has 0 aliphatic carbocycles. The van der Waals surface area contributed by atoms with Crippen molar-refractivity contribution in [2.24, 2.45) is 0 Å². The molecule has 1 aromatic carbocycles. The fraction of sp³-hybridized carbons (Fsp3) is 0.500. The van der Waals surface area contributed by atoms with Crippen LogP contribution in [0.2, 0.25) is 0 Å². The molecule has 0 N–H and O–H groups in total. The van der Waals surface area contributed by atoms with Gasteiger partial charge in [-0.15, -0.1) is 0 Å². The van der Waals surface area contributed by atoms with Crippen LogP contribution in [0, 0.1) is 0 Å². The average Bonchev–Trinajstić information content (AvgIpc) is 2.47. The smallest absolute Gasteiger partial charge is 0.0167 e. The lowest BCUT2D eigenvalue weighted by molar-refractivity contribution is 0.143. The summed E-state index contributed by atoms with van der Waals surface area (Å²) in [5, 5.41) is 0. The van der Waals surface area contributed by atoms with Gasteiger partial charge in [-0.3, -0.25) is 4.90 Å². The zero-order valence-corrected chi connectivity index (χ0v) is 12.4. The molecule has 1 aliphatic heterocycles. The zero-order chi connectivity index (χ0) is 13.3. The van der Waals surface area contributed by atoms with Crippen LogP contribution in [0.4, 0.5) is 0 Å². The topological polar surface area (TPSA) is 6.48 Å². The maximum atomic E-state index is 4.27. The minimum atomic E-state index is 1.00. The van der Waals surface area contributed by atoms with Crippen LogP contribution < -0.4 is 0 Å². The van der Waals surface area contributed by atoms with Crippen LogP contribution in [0.5, 0.6) is 0 Å². The molecule has 0 radical (unpaired) electrons. The van der Waals surface area contributed by atoms with Crippen molar-refractivity contribution in [1.82, 2.24) is 9.80 Å². The van der Waals surface area contributed by atoms with E-state index in [1.165, 1.54) is 44.7 Å². The first-order valence-electron chi connectivity index (χ1n) is 7.15. The Morgan fingerprint density at radius 1 is 1.00 bits per heavy atom. The Morgan fingerprint density at radius 3 is 2.37 bits per heavy atom. The van der Waals surface area contributed by atoms with Crippen molar-refractivity contribution in [2.45, 2.75) is 6.42 Å². The molecule has 104 valence electrons. The summed E-state index contributed by atoms with van der Waals surface area (Å²) in [6, 6.07) is 10.5. The highest BCUT2D eigenvalue weighted by atomic mass is 32.1. The number of benzene rings is 1. The number of rotatable bonds is 6. The van der Waals surface area contributed by atoms with Crippen molar-refractivity contribution >= 4 is 18.7 Å². The van der Waals surface area contributed by atoms with Gasteiger partial charge in [-0.2, -0.15) is 12.6 Å². The SMILES string of the molecule is SCCCN1CCN(CC=Cc2ccccc2)CC1. The van der Waals surface area contributed by atoms with Crippen LogP contribution in [0.25, 0.3) is 6.08 Å². The van der Waals surface area contributed by atoms with Gasteiger partial charge in [-0.1, -0.05) is 42.5 Å². The van der Waals surface area contributed by atoms with E-state index in [1.807, 2.05) is 0 Å². The van der Waals surface area contributed by atoms with Crippen molar-refractivity contribution in [1.29, 1.82) is 0 Å². The second-order valence-corrected chi connectivity index (χ2v) is 5.48. The molecule has 1 saturated heterocycles. The molecule has 0 saturated carbocycles. The van der Waals surface area contributed by atoms with Crippen molar-refractivity contribution in [3.05, 3.63) is 42.0 Å². The largest absolute Gasteiger partial charge is 0.301 e. The van der Waals surface area contributed by atoms with Gasteiger partial charge in [0.25, 0.3) is 0 Å². The molecule has 1 aromatic rings. The molecular formula is C16H24N2S. The Bertz CT molecular complexity index is 370. The van der Waals surface area contributed by atoms with Gasteiger partial charge >= 0.3 is 0 Å². The highest BCUT2D eigenvalue weighted by Crippen LogP contribution is 2.05. The van der Waals surface area contributed by atoms with Gasteiger partial charge in [0.05, 0.1) is 0 Å². The molecule has 19 heavy (non-hydrogen) atoms. The van der Waals surface area contributed by atoms with E-state index in [1.54, 1.807) is 0 Å². The van der Waals surface area contributed by atoms with Gasteiger partial charge in [0.1, 0.15) is 0 Å². The maximum Gasteiger partial charge on any atom is 0.0167 e. The lowest BCUT2D eigenvalue weighted by Crippen LogP contribution is -2.46. The van der Waals surface area contributed by atoms with Crippen LogP contribution in [0.1, 0.15) is 12.0 Å². The molecule has 1 fully saturated rings. The second kappa shape index (κ2) is 8.41. The maximum absolute atomic E-state index is 4.27. The third-order valence-electron chi connectivity index (χ3n) is 3.57. The Labute approximate surface area is 122 Å². The molecular weight excluding hydrogens is 252 g/mol. The molecule has 0 unspecified atom stereocenters. The summed E-state index contributed by atoms with van der Waals surface area (Å²) in [6.07, 6.45) is 5.70. The number of hydrogen-bond acceptors (Lipinski definition) is 3. The van der Waals surface area contributed by atoms with E-state index < -0.39 is 0 Å². The number of nitrogens with zero attached hydrogens (tertiary/aromatic N) is 2. The Hall–Kier alpha value is -0.770. The first kappa shape index (κ1) is 14.6. The average molecular weight is 276 g/mol. The van der Waals surface area contributed by atoms with Gasteiger partial charge in [-0.05, 0) is 24.3 Å². The molecule has 2 nitrogen and oxygen atoms in total. The Kier molecular flexibility index (Phi) is 6.48. The highest BCUT2D eigenvalue weighted by molar-refractivity contribution is 7.80. The monoisotopic (exact) mass is 276 g/mol. The minimum Gasteiger partial charge on any atom is -0.301 e. The predicted octanol–water partition coefficient (Wildman–Crippen LogP) is 2.64. The van der Waals surface area contributed by atoms with Gasteiger partial charge < -0.3 is 4.90 Å². The molecule has 0 spiro atoms. The quantitative estimate of drug-likeness (QED) is 0.798. The van der Waals surface area contributed by atoms with Gasteiger partial charge in [0.15, 0.2) is 0 Å². The molecule has 2 rings (SSSR count). The molecule has 0 atom stereocenters. The molecule has 0 aromatic heterocycles. The van der Waals surface area contributed by atoms with Gasteiger partial charge in [-0.25, -0.2) is 0 Å². The van der Waals surface area contributed by atoms with Crippen LogP contribution >= 0.6 is 12.6 Å². The molecule has 1 heterocycles. The minimum absolute atomic E-state index is 1.00. The normalized spacial score (nSPS) is 18.2. The molecule has 0 amide bonds. The van der Waals surface area contributed by atoms with E-state index in [2.05, 4.69) is 64.9 Å². The summed E-state index contributed by atoms with van der Waals surface area (Å²) in [5.41, 5.74) is 1.29. The van der Waals surface area contributed by atoms with Crippen LogP contribution in [0.15, 0.2) is 36.4 Å². The summed E-state index contributed by atoms with van der Waals surface area (Å²) >= 11 is 4.27. The second-order valence-electron chi connectivity index (χ2n) is 5.03. The fourth-order valence-corrected chi connectivity index (χ4v) is 2.53. The van der Waals surface area contributed by atoms with Crippen LogP contribution in [-0.4, -0.2) is 54.8 Å². The lowest BCUT2D eigenvalue weighted by atomic mass is 10.2. The van der Waals surface area contributed by atoms with E-state index in [4.69, 9.17) is 0 Å². The molecule has 3 heteroatoms. The van der Waals surface area contributed by atoms with E-state index >= 15 is 0 Å². The molecule has 0 bridgehead atoms. The number of hydrogen-bond donors (Lipinski definition) is 1. The third kappa shape index (κ3) is 5.39. The van der Waals surface area contributed by atoms with E-state index in [9.17, 15) is 0 Å². The van der Waals surface area contributed by atoms with Crippen molar-refractivity contribution in [3.8, 4) is 0 Å². The highest BCUT2D eigenvalue weighted by Gasteiger charge is 2.14. The summed E-state index contributed by atoms with van der Waals surface area (Å²) in [7, 11) is 0. The third-order valence-corrected chi connectivity index (χ3v) is 3.89. The molecule has 1 aliphatic rings. The Balaban J connectivity index is 1.67. The predicted molar refractivity (Wildman–Crippen MR) is 86.8 cm³/mol. The van der Waals surface area contributed by atoms with Crippen LogP contribution in [-0.2, 0) is 0 Å².